The summed E-state index contributed by atoms with van der Waals surface area (Å²) in [5, 5.41) is 4.09. The van der Waals surface area contributed by atoms with E-state index in [4.69, 9.17) is 21.1 Å². The molecule has 0 amide bonds. The van der Waals surface area contributed by atoms with E-state index in [-0.39, 0.29) is 6.29 Å². The number of ether oxygens (including phenoxy) is 2. The van der Waals surface area contributed by atoms with Crippen molar-refractivity contribution in [2.24, 2.45) is 0 Å². The monoisotopic (exact) mass is 241 g/mol. The second kappa shape index (κ2) is 5.53. The van der Waals surface area contributed by atoms with Gasteiger partial charge in [-0.2, -0.15) is 0 Å². The lowest BCUT2D eigenvalue weighted by Gasteiger charge is -2.11. The summed E-state index contributed by atoms with van der Waals surface area (Å²) in [5.74, 6) is 0. The molecule has 0 atom stereocenters. The summed E-state index contributed by atoms with van der Waals surface area (Å²) in [6.07, 6.45) is 0.805. The van der Waals surface area contributed by atoms with E-state index in [0.717, 1.165) is 29.2 Å². The van der Waals surface area contributed by atoms with Gasteiger partial charge in [0.2, 0.25) is 0 Å². The standard InChI is InChI=1S/C12H16ClNO2/c1-9-2-3-10(8-11(9)13)14-5-4-12-15-6-7-16-12/h2-3,8,12,14H,4-7H2,1H3. The lowest BCUT2D eigenvalue weighted by Crippen LogP contribution is -2.14. The summed E-state index contributed by atoms with van der Waals surface area (Å²) in [4.78, 5) is 0. The van der Waals surface area contributed by atoms with E-state index in [9.17, 15) is 0 Å². The average Bonchev–Trinajstić information content (AvgIpc) is 2.76. The summed E-state index contributed by atoms with van der Waals surface area (Å²) >= 11 is 6.03. The SMILES string of the molecule is Cc1ccc(NCCC2OCCO2)cc1Cl. The highest BCUT2D eigenvalue weighted by molar-refractivity contribution is 6.31. The Balaban J connectivity index is 1.78. The molecule has 1 heterocycles. The van der Waals surface area contributed by atoms with Gasteiger partial charge in [0.05, 0.1) is 13.2 Å². The Bertz CT molecular complexity index is 351. The van der Waals surface area contributed by atoms with Gasteiger partial charge in [0.15, 0.2) is 6.29 Å². The van der Waals surface area contributed by atoms with E-state index < -0.39 is 0 Å². The molecule has 1 aliphatic rings. The van der Waals surface area contributed by atoms with E-state index in [0.29, 0.717) is 13.2 Å². The Morgan fingerprint density at radius 2 is 2.12 bits per heavy atom. The van der Waals surface area contributed by atoms with Gasteiger partial charge in [-0.25, -0.2) is 0 Å². The minimum atomic E-state index is -0.0478. The van der Waals surface area contributed by atoms with Crippen LogP contribution in [0.2, 0.25) is 5.02 Å². The first-order valence-electron chi connectivity index (χ1n) is 5.49. The number of benzene rings is 1. The third-order valence-corrected chi connectivity index (χ3v) is 2.98. The number of rotatable bonds is 4. The molecule has 0 saturated carbocycles. The van der Waals surface area contributed by atoms with E-state index in [1.807, 2.05) is 25.1 Å². The number of hydrogen-bond donors (Lipinski definition) is 1. The molecular formula is C12H16ClNO2. The smallest absolute Gasteiger partial charge is 0.159 e. The first-order chi connectivity index (χ1) is 7.75. The zero-order chi connectivity index (χ0) is 11.4. The van der Waals surface area contributed by atoms with Crippen LogP contribution in [0.5, 0.6) is 0 Å². The normalized spacial score (nSPS) is 16.6. The van der Waals surface area contributed by atoms with Crippen LogP contribution in [0.3, 0.4) is 0 Å². The lowest BCUT2D eigenvalue weighted by molar-refractivity contribution is -0.0439. The van der Waals surface area contributed by atoms with Gasteiger partial charge in [-0.3, -0.25) is 0 Å². The van der Waals surface area contributed by atoms with Crippen molar-refractivity contribution in [2.75, 3.05) is 25.1 Å². The van der Waals surface area contributed by atoms with Crippen LogP contribution in [-0.2, 0) is 9.47 Å². The topological polar surface area (TPSA) is 30.5 Å². The lowest BCUT2D eigenvalue weighted by atomic mass is 10.2. The van der Waals surface area contributed by atoms with Crippen molar-refractivity contribution in [3.63, 3.8) is 0 Å². The summed E-state index contributed by atoms with van der Waals surface area (Å²) in [5.41, 5.74) is 2.13. The second-order valence-electron chi connectivity index (χ2n) is 3.85. The largest absolute Gasteiger partial charge is 0.385 e. The second-order valence-corrected chi connectivity index (χ2v) is 4.26. The molecule has 2 rings (SSSR count). The van der Waals surface area contributed by atoms with Crippen LogP contribution in [-0.4, -0.2) is 26.0 Å². The van der Waals surface area contributed by atoms with E-state index >= 15 is 0 Å². The highest BCUT2D eigenvalue weighted by atomic mass is 35.5. The van der Waals surface area contributed by atoms with Crippen molar-refractivity contribution in [3.05, 3.63) is 28.8 Å². The molecule has 4 heteroatoms. The third-order valence-electron chi connectivity index (χ3n) is 2.57. The zero-order valence-electron chi connectivity index (χ0n) is 9.33. The summed E-state index contributed by atoms with van der Waals surface area (Å²) in [6, 6.07) is 5.97. The summed E-state index contributed by atoms with van der Waals surface area (Å²) < 4.78 is 10.7. The predicted octanol–water partition coefficient (Wildman–Crippen LogP) is 2.82. The maximum atomic E-state index is 6.03. The van der Waals surface area contributed by atoms with Crippen LogP contribution >= 0.6 is 11.6 Å². The predicted molar refractivity (Wildman–Crippen MR) is 65.0 cm³/mol. The molecular weight excluding hydrogens is 226 g/mol. The molecule has 16 heavy (non-hydrogen) atoms. The summed E-state index contributed by atoms with van der Waals surface area (Å²) in [6.45, 7) is 4.23. The number of anilines is 1. The van der Waals surface area contributed by atoms with Gasteiger partial charge in [0.25, 0.3) is 0 Å². The molecule has 0 bridgehead atoms. The highest BCUT2D eigenvalue weighted by Gasteiger charge is 2.14. The maximum absolute atomic E-state index is 6.03. The molecule has 1 aliphatic heterocycles. The van der Waals surface area contributed by atoms with Crippen molar-refractivity contribution < 1.29 is 9.47 Å². The molecule has 0 unspecified atom stereocenters. The molecule has 1 N–H and O–H groups in total. The molecule has 1 aromatic rings. The van der Waals surface area contributed by atoms with Crippen molar-refractivity contribution in [3.8, 4) is 0 Å². The van der Waals surface area contributed by atoms with Gasteiger partial charge in [0, 0.05) is 23.7 Å². The molecule has 1 fully saturated rings. The van der Waals surface area contributed by atoms with Crippen LogP contribution in [0, 0.1) is 6.92 Å². The summed E-state index contributed by atoms with van der Waals surface area (Å²) in [7, 11) is 0. The molecule has 3 nitrogen and oxygen atoms in total. The molecule has 0 aliphatic carbocycles. The quantitative estimate of drug-likeness (QED) is 0.879. The Kier molecular flexibility index (Phi) is 4.04. The molecule has 1 saturated heterocycles. The number of hydrogen-bond acceptors (Lipinski definition) is 3. The minimum Gasteiger partial charge on any atom is -0.385 e. The fourth-order valence-electron chi connectivity index (χ4n) is 1.61. The van der Waals surface area contributed by atoms with Crippen molar-refractivity contribution >= 4 is 17.3 Å². The first-order valence-corrected chi connectivity index (χ1v) is 5.87. The van der Waals surface area contributed by atoms with Gasteiger partial charge in [-0.1, -0.05) is 17.7 Å². The van der Waals surface area contributed by atoms with Gasteiger partial charge in [0.1, 0.15) is 0 Å². The number of aryl methyl sites for hydroxylation is 1. The highest BCUT2D eigenvalue weighted by Crippen LogP contribution is 2.20. The number of nitrogens with one attached hydrogen (secondary N) is 1. The first kappa shape index (κ1) is 11.7. The molecule has 0 radical (unpaired) electrons. The van der Waals surface area contributed by atoms with Crippen LogP contribution in [0.25, 0.3) is 0 Å². The number of halogens is 1. The van der Waals surface area contributed by atoms with Crippen molar-refractivity contribution in [2.45, 2.75) is 19.6 Å². The Labute approximate surface area is 101 Å². The Morgan fingerprint density at radius 1 is 1.38 bits per heavy atom. The maximum Gasteiger partial charge on any atom is 0.159 e. The van der Waals surface area contributed by atoms with Crippen molar-refractivity contribution in [1.29, 1.82) is 0 Å². The van der Waals surface area contributed by atoms with Gasteiger partial charge >= 0.3 is 0 Å². The van der Waals surface area contributed by atoms with Crippen molar-refractivity contribution in [1.82, 2.24) is 0 Å². The van der Waals surface area contributed by atoms with Crippen LogP contribution in [0.1, 0.15) is 12.0 Å². The fourth-order valence-corrected chi connectivity index (χ4v) is 1.79. The van der Waals surface area contributed by atoms with Crippen LogP contribution in [0.4, 0.5) is 5.69 Å². The molecule has 1 aromatic carbocycles. The molecule has 0 spiro atoms. The van der Waals surface area contributed by atoms with Gasteiger partial charge in [-0.05, 0) is 24.6 Å². The van der Waals surface area contributed by atoms with Crippen LogP contribution in [0.15, 0.2) is 18.2 Å². The fraction of sp³-hybridized carbons (Fsp3) is 0.500. The molecule has 88 valence electrons. The third kappa shape index (κ3) is 3.11. The van der Waals surface area contributed by atoms with Crippen LogP contribution < -0.4 is 5.32 Å². The van der Waals surface area contributed by atoms with Gasteiger partial charge in [-0.15, -0.1) is 0 Å². The van der Waals surface area contributed by atoms with Gasteiger partial charge < -0.3 is 14.8 Å². The molecule has 0 aromatic heterocycles. The van der Waals surface area contributed by atoms with E-state index in [2.05, 4.69) is 5.32 Å². The zero-order valence-corrected chi connectivity index (χ0v) is 10.1. The Morgan fingerprint density at radius 3 is 2.81 bits per heavy atom. The average molecular weight is 242 g/mol. The van der Waals surface area contributed by atoms with E-state index in [1.54, 1.807) is 0 Å². The Hall–Kier alpha value is -0.770. The van der Waals surface area contributed by atoms with E-state index in [1.165, 1.54) is 0 Å². The minimum absolute atomic E-state index is 0.0478.